The molecule has 1 fully saturated rings. The Morgan fingerprint density at radius 2 is 2.12 bits per heavy atom. The summed E-state index contributed by atoms with van der Waals surface area (Å²) in [6, 6.07) is 11.9. The number of ether oxygens (including phenoxy) is 2. The van der Waals surface area contributed by atoms with Gasteiger partial charge in [-0.05, 0) is 43.9 Å². The minimum absolute atomic E-state index is 0.000605. The van der Waals surface area contributed by atoms with Crippen LogP contribution in [0.2, 0.25) is 0 Å². The normalized spacial score (nSPS) is 21.9. The maximum atomic E-state index is 13.0. The Bertz CT molecular complexity index is 799. The standard InChI is InChI=1S/C21H24N2O3/c1-15(2)26-19-9-8-16(12-22-19)20(24)23-11-5-10-21(14-23)18-7-4-3-6-17(18)13-25-21/h3-4,6-9,12,15H,5,10-11,13-14H2,1-2H3. The third-order valence-corrected chi connectivity index (χ3v) is 5.09. The molecule has 1 aromatic carbocycles. The predicted molar refractivity (Wildman–Crippen MR) is 98.0 cm³/mol. The Hall–Kier alpha value is -2.40. The number of likely N-dealkylation sites (tertiary alicyclic amines) is 1. The number of pyridine rings is 1. The quantitative estimate of drug-likeness (QED) is 0.848. The lowest BCUT2D eigenvalue weighted by Crippen LogP contribution is -2.48. The summed E-state index contributed by atoms with van der Waals surface area (Å²) in [4.78, 5) is 19.1. The summed E-state index contributed by atoms with van der Waals surface area (Å²) in [5, 5.41) is 0. The topological polar surface area (TPSA) is 51.7 Å². The van der Waals surface area contributed by atoms with Gasteiger partial charge in [0.25, 0.3) is 5.91 Å². The molecule has 1 unspecified atom stereocenters. The molecule has 0 aliphatic carbocycles. The van der Waals surface area contributed by atoms with Crippen molar-refractivity contribution in [1.29, 1.82) is 0 Å². The molecular formula is C21H24N2O3. The van der Waals surface area contributed by atoms with Crippen molar-refractivity contribution in [2.24, 2.45) is 0 Å². The Morgan fingerprint density at radius 1 is 1.27 bits per heavy atom. The van der Waals surface area contributed by atoms with E-state index in [4.69, 9.17) is 9.47 Å². The van der Waals surface area contributed by atoms with Gasteiger partial charge >= 0.3 is 0 Å². The zero-order chi connectivity index (χ0) is 18.1. The van der Waals surface area contributed by atoms with Crippen molar-refractivity contribution in [3.05, 3.63) is 59.3 Å². The number of fused-ring (bicyclic) bond motifs is 2. The van der Waals surface area contributed by atoms with Crippen LogP contribution in [-0.2, 0) is 16.9 Å². The molecule has 26 heavy (non-hydrogen) atoms. The van der Waals surface area contributed by atoms with Crippen LogP contribution in [0.15, 0.2) is 42.6 Å². The average Bonchev–Trinajstić information content (AvgIpc) is 3.00. The van der Waals surface area contributed by atoms with Crippen molar-refractivity contribution < 1.29 is 14.3 Å². The Balaban J connectivity index is 1.52. The van der Waals surface area contributed by atoms with Gasteiger partial charge in [-0.3, -0.25) is 4.79 Å². The number of nitrogens with zero attached hydrogens (tertiary/aromatic N) is 2. The molecule has 2 aromatic rings. The fourth-order valence-corrected chi connectivity index (χ4v) is 3.92. The highest BCUT2D eigenvalue weighted by atomic mass is 16.5. The summed E-state index contributed by atoms with van der Waals surface area (Å²) in [5.41, 5.74) is 2.69. The summed E-state index contributed by atoms with van der Waals surface area (Å²) in [7, 11) is 0. The van der Waals surface area contributed by atoms with Gasteiger partial charge in [-0.1, -0.05) is 24.3 Å². The lowest BCUT2D eigenvalue weighted by atomic mass is 9.85. The van der Waals surface area contributed by atoms with Crippen molar-refractivity contribution >= 4 is 5.91 Å². The molecule has 1 aromatic heterocycles. The van der Waals surface area contributed by atoms with E-state index in [9.17, 15) is 4.79 Å². The van der Waals surface area contributed by atoms with Crippen molar-refractivity contribution in [3.8, 4) is 5.88 Å². The highest BCUT2D eigenvalue weighted by Gasteiger charge is 2.44. The van der Waals surface area contributed by atoms with Crippen LogP contribution in [0.25, 0.3) is 0 Å². The smallest absolute Gasteiger partial charge is 0.255 e. The number of hydrogen-bond acceptors (Lipinski definition) is 4. The number of aromatic nitrogens is 1. The maximum absolute atomic E-state index is 13.0. The number of hydrogen-bond donors (Lipinski definition) is 0. The van der Waals surface area contributed by atoms with Gasteiger partial charge in [-0.15, -0.1) is 0 Å². The van der Waals surface area contributed by atoms with Crippen LogP contribution in [0.4, 0.5) is 0 Å². The molecule has 136 valence electrons. The molecule has 0 bridgehead atoms. The summed E-state index contributed by atoms with van der Waals surface area (Å²) >= 11 is 0. The van der Waals surface area contributed by atoms with Crippen LogP contribution in [0.3, 0.4) is 0 Å². The fraction of sp³-hybridized carbons (Fsp3) is 0.429. The van der Waals surface area contributed by atoms with Gasteiger partial charge in [0.1, 0.15) is 5.60 Å². The highest BCUT2D eigenvalue weighted by Crippen LogP contribution is 2.43. The van der Waals surface area contributed by atoms with Gasteiger partial charge in [-0.25, -0.2) is 4.98 Å². The summed E-state index contributed by atoms with van der Waals surface area (Å²) < 4.78 is 11.8. The van der Waals surface area contributed by atoms with E-state index in [-0.39, 0.29) is 17.6 Å². The molecule has 1 atom stereocenters. The van der Waals surface area contributed by atoms with Gasteiger partial charge in [0.15, 0.2) is 0 Å². The van der Waals surface area contributed by atoms with Crippen LogP contribution >= 0.6 is 0 Å². The summed E-state index contributed by atoms with van der Waals surface area (Å²) in [6.07, 6.45) is 3.55. The van der Waals surface area contributed by atoms with Crippen LogP contribution in [0, 0.1) is 0 Å². The van der Waals surface area contributed by atoms with E-state index < -0.39 is 0 Å². The number of carbonyl (C=O) groups excluding carboxylic acids is 1. The second-order valence-electron chi connectivity index (χ2n) is 7.32. The van der Waals surface area contributed by atoms with Gasteiger partial charge in [0.2, 0.25) is 5.88 Å². The van der Waals surface area contributed by atoms with E-state index in [1.807, 2.05) is 30.9 Å². The minimum Gasteiger partial charge on any atom is -0.475 e. The second kappa shape index (κ2) is 6.72. The first kappa shape index (κ1) is 17.0. The van der Waals surface area contributed by atoms with E-state index in [0.29, 0.717) is 24.6 Å². The monoisotopic (exact) mass is 352 g/mol. The predicted octanol–water partition coefficient (Wildman–Crippen LogP) is 3.53. The first-order chi connectivity index (χ1) is 12.6. The second-order valence-corrected chi connectivity index (χ2v) is 7.32. The van der Waals surface area contributed by atoms with E-state index in [1.54, 1.807) is 18.3 Å². The largest absolute Gasteiger partial charge is 0.475 e. The highest BCUT2D eigenvalue weighted by molar-refractivity contribution is 5.94. The molecule has 2 aliphatic rings. The molecule has 3 heterocycles. The molecule has 1 spiro atoms. The first-order valence-corrected chi connectivity index (χ1v) is 9.22. The molecule has 0 N–H and O–H groups in total. The fourth-order valence-electron chi connectivity index (χ4n) is 3.92. The molecule has 2 aliphatic heterocycles. The van der Waals surface area contributed by atoms with Crippen LogP contribution < -0.4 is 4.74 Å². The Kier molecular flexibility index (Phi) is 4.41. The van der Waals surface area contributed by atoms with E-state index in [2.05, 4.69) is 17.1 Å². The maximum Gasteiger partial charge on any atom is 0.255 e. The molecule has 4 rings (SSSR count). The Morgan fingerprint density at radius 3 is 2.88 bits per heavy atom. The van der Waals surface area contributed by atoms with E-state index in [1.165, 1.54) is 11.1 Å². The van der Waals surface area contributed by atoms with E-state index in [0.717, 1.165) is 19.4 Å². The van der Waals surface area contributed by atoms with E-state index >= 15 is 0 Å². The molecule has 1 saturated heterocycles. The molecule has 5 nitrogen and oxygen atoms in total. The lowest BCUT2D eigenvalue weighted by Gasteiger charge is -2.40. The number of benzene rings is 1. The first-order valence-electron chi connectivity index (χ1n) is 9.22. The summed E-state index contributed by atoms with van der Waals surface area (Å²) in [5.74, 6) is 0.542. The number of carbonyl (C=O) groups is 1. The number of rotatable bonds is 3. The molecule has 0 radical (unpaired) electrons. The van der Waals surface area contributed by atoms with Crippen molar-refractivity contribution in [2.75, 3.05) is 13.1 Å². The van der Waals surface area contributed by atoms with Gasteiger partial charge < -0.3 is 14.4 Å². The molecule has 1 amide bonds. The third kappa shape index (κ3) is 3.07. The SMILES string of the molecule is CC(C)Oc1ccc(C(=O)N2CCCC3(C2)OCc2ccccc23)cn1. The van der Waals surface area contributed by atoms with Crippen LogP contribution in [0.5, 0.6) is 5.88 Å². The van der Waals surface area contributed by atoms with Crippen molar-refractivity contribution in [1.82, 2.24) is 9.88 Å². The van der Waals surface area contributed by atoms with Gasteiger partial charge in [0.05, 0.1) is 24.8 Å². The van der Waals surface area contributed by atoms with Crippen LogP contribution in [0.1, 0.15) is 48.2 Å². The average molecular weight is 352 g/mol. The minimum atomic E-state index is -0.362. The Labute approximate surface area is 153 Å². The molecule has 5 heteroatoms. The third-order valence-electron chi connectivity index (χ3n) is 5.09. The van der Waals surface area contributed by atoms with Gasteiger partial charge in [-0.2, -0.15) is 0 Å². The summed E-state index contributed by atoms with van der Waals surface area (Å²) in [6.45, 7) is 5.87. The van der Waals surface area contributed by atoms with Crippen LogP contribution in [-0.4, -0.2) is 35.0 Å². The zero-order valence-electron chi connectivity index (χ0n) is 15.3. The lowest BCUT2D eigenvalue weighted by molar-refractivity contribution is -0.0785. The zero-order valence-corrected chi connectivity index (χ0v) is 15.3. The van der Waals surface area contributed by atoms with Crippen molar-refractivity contribution in [3.63, 3.8) is 0 Å². The van der Waals surface area contributed by atoms with Gasteiger partial charge in [0, 0.05) is 18.8 Å². The molecule has 0 saturated carbocycles. The number of piperidine rings is 1. The number of amides is 1. The molecular weight excluding hydrogens is 328 g/mol. The van der Waals surface area contributed by atoms with Crippen molar-refractivity contribution in [2.45, 2.75) is 45.0 Å².